The molecule has 118 valence electrons. The van der Waals surface area contributed by atoms with Gasteiger partial charge < -0.3 is 10.6 Å². The summed E-state index contributed by atoms with van der Waals surface area (Å²) in [6.07, 6.45) is 3.89. The van der Waals surface area contributed by atoms with Crippen LogP contribution in [0.2, 0.25) is 0 Å². The second-order valence-electron chi connectivity index (χ2n) is 5.46. The van der Waals surface area contributed by atoms with E-state index < -0.39 is 12.6 Å². The molecule has 0 spiro atoms. The van der Waals surface area contributed by atoms with Crippen molar-refractivity contribution < 1.29 is 13.2 Å². The van der Waals surface area contributed by atoms with Crippen LogP contribution in [0.3, 0.4) is 0 Å². The molecule has 0 aromatic carbocycles. The molecule has 3 nitrogen and oxygen atoms in total. The van der Waals surface area contributed by atoms with E-state index >= 15 is 0 Å². The molecule has 0 heterocycles. The number of alkyl halides is 3. The first kappa shape index (κ1) is 17.1. The Labute approximate surface area is 119 Å². The molecular weight excluding hydrogens is 267 g/mol. The molecule has 1 saturated carbocycles. The SMILES string of the molecule is CN=C(NCCC(F)(F)F)NCC1CCCCCCC1. The van der Waals surface area contributed by atoms with Gasteiger partial charge in [-0.15, -0.1) is 0 Å². The largest absolute Gasteiger partial charge is 0.390 e. The molecule has 1 fully saturated rings. The summed E-state index contributed by atoms with van der Waals surface area (Å²) in [7, 11) is 1.58. The summed E-state index contributed by atoms with van der Waals surface area (Å²) >= 11 is 0. The van der Waals surface area contributed by atoms with Crippen molar-refractivity contribution in [1.29, 1.82) is 0 Å². The molecule has 0 aromatic heterocycles. The minimum atomic E-state index is -4.12. The van der Waals surface area contributed by atoms with Gasteiger partial charge in [-0.2, -0.15) is 13.2 Å². The zero-order valence-corrected chi connectivity index (χ0v) is 12.2. The van der Waals surface area contributed by atoms with E-state index in [0.29, 0.717) is 11.9 Å². The molecule has 0 radical (unpaired) electrons. The molecule has 0 atom stereocenters. The average Bonchev–Trinajstić information content (AvgIpc) is 2.33. The summed E-state index contributed by atoms with van der Waals surface area (Å²) in [6, 6.07) is 0. The van der Waals surface area contributed by atoms with E-state index in [9.17, 15) is 13.2 Å². The van der Waals surface area contributed by atoms with Gasteiger partial charge in [-0.05, 0) is 18.8 Å². The summed E-state index contributed by atoms with van der Waals surface area (Å²) in [4.78, 5) is 3.96. The number of aliphatic imine (C=N–C) groups is 1. The van der Waals surface area contributed by atoms with Gasteiger partial charge >= 0.3 is 6.18 Å². The fourth-order valence-corrected chi connectivity index (χ4v) is 2.53. The Hall–Kier alpha value is -0.940. The number of nitrogens with zero attached hydrogens (tertiary/aromatic N) is 1. The highest BCUT2D eigenvalue weighted by molar-refractivity contribution is 5.79. The molecule has 6 heteroatoms. The van der Waals surface area contributed by atoms with E-state index in [4.69, 9.17) is 0 Å². The monoisotopic (exact) mass is 293 g/mol. The molecule has 1 rings (SSSR count). The maximum Gasteiger partial charge on any atom is 0.390 e. The summed E-state index contributed by atoms with van der Waals surface area (Å²) in [5, 5.41) is 5.86. The Morgan fingerprint density at radius 1 is 1.05 bits per heavy atom. The van der Waals surface area contributed by atoms with Gasteiger partial charge in [0.2, 0.25) is 0 Å². The van der Waals surface area contributed by atoms with E-state index in [1.165, 1.54) is 44.9 Å². The van der Waals surface area contributed by atoms with E-state index in [-0.39, 0.29) is 6.54 Å². The first-order valence-corrected chi connectivity index (χ1v) is 7.52. The Bertz CT molecular complexity index is 282. The van der Waals surface area contributed by atoms with Crippen molar-refractivity contribution in [3.05, 3.63) is 0 Å². The Morgan fingerprint density at radius 2 is 1.65 bits per heavy atom. The van der Waals surface area contributed by atoms with Crippen LogP contribution in [0.5, 0.6) is 0 Å². The molecular formula is C14H26F3N3. The van der Waals surface area contributed by atoms with Crippen molar-refractivity contribution in [3.63, 3.8) is 0 Å². The van der Waals surface area contributed by atoms with Crippen LogP contribution in [0.4, 0.5) is 13.2 Å². The van der Waals surface area contributed by atoms with Gasteiger partial charge in [0.1, 0.15) is 0 Å². The first-order valence-electron chi connectivity index (χ1n) is 7.52. The standard InChI is InChI=1S/C14H26F3N3/c1-18-13(19-10-9-14(15,16)17)20-11-12-7-5-3-2-4-6-8-12/h12H,2-11H2,1H3,(H2,18,19,20). The average molecular weight is 293 g/mol. The number of rotatable bonds is 4. The second kappa shape index (κ2) is 9.08. The van der Waals surface area contributed by atoms with Gasteiger partial charge in [0, 0.05) is 20.1 Å². The number of halogens is 3. The van der Waals surface area contributed by atoms with Gasteiger partial charge in [-0.25, -0.2) is 0 Å². The molecule has 0 bridgehead atoms. The molecule has 1 aliphatic carbocycles. The van der Waals surface area contributed by atoms with E-state index in [2.05, 4.69) is 15.6 Å². The molecule has 1 aliphatic rings. The fourth-order valence-electron chi connectivity index (χ4n) is 2.53. The van der Waals surface area contributed by atoms with Crippen molar-refractivity contribution in [2.45, 2.75) is 57.5 Å². The Morgan fingerprint density at radius 3 is 2.20 bits per heavy atom. The lowest BCUT2D eigenvalue weighted by Crippen LogP contribution is -2.41. The quantitative estimate of drug-likeness (QED) is 0.615. The lowest BCUT2D eigenvalue weighted by Gasteiger charge is -2.21. The predicted octanol–water partition coefficient (Wildman–Crippen LogP) is 3.46. The van der Waals surface area contributed by atoms with Crippen molar-refractivity contribution >= 4 is 5.96 Å². The third kappa shape index (κ3) is 8.27. The van der Waals surface area contributed by atoms with Gasteiger partial charge in [0.25, 0.3) is 0 Å². The predicted molar refractivity (Wildman–Crippen MR) is 75.8 cm³/mol. The van der Waals surface area contributed by atoms with Crippen LogP contribution in [0, 0.1) is 5.92 Å². The lowest BCUT2D eigenvalue weighted by molar-refractivity contribution is -0.132. The normalized spacial score (nSPS) is 19.3. The smallest absolute Gasteiger partial charge is 0.356 e. The number of hydrogen-bond acceptors (Lipinski definition) is 1. The molecule has 0 amide bonds. The first-order chi connectivity index (χ1) is 9.51. The molecule has 0 aromatic rings. The van der Waals surface area contributed by atoms with Crippen LogP contribution in [-0.4, -0.2) is 32.3 Å². The minimum Gasteiger partial charge on any atom is -0.356 e. The summed E-state index contributed by atoms with van der Waals surface area (Å²) in [5.74, 6) is 1.08. The molecule has 0 aliphatic heterocycles. The van der Waals surface area contributed by atoms with Crippen LogP contribution in [0.15, 0.2) is 4.99 Å². The molecule has 0 saturated heterocycles. The Balaban J connectivity index is 2.22. The fraction of sp³-hybridized carbons (Fsp3) is 0.929. The Kier molecular flexibility index (Phi) is 7.77. The lowest BCUT2D eigenvalue weighted by atomic mass is 9.91. The zero-order valence-electron chi connectivity index (χ0n) is 12.2. The highest BCUT2D eigenvalue weighted by Gasteiger charge is 2.26. The number of nitrogens with one attached hydrogen (secondary N) is 2. The number of guanidine groups is 1. The third-order valence-corrected chi connectivity index (χ3v) is 3.71. The van der Waals surface area contributed by atoms with Crippen molar-refractivity contribution in [2.24, 2.45) is 10.9 Å². The maximum absolute atomic E-state index is 12.1. The van der Waals surface area contributed by atoms with Crippen molar-refractivity contribution in [2.75, 3.05) is 20.1 Å². The van der Waals surface area contributed by atoms with Crippen LogP contribution in [-0.2, 0) is 0 Å². The van der Waals surface area contributed by atoms with E-state index in [1.54, 1.807) is 7.05 Å². The summed E-state index contributed by atoms with van der Waals surface area (Å²) < 4.78 is 36.2. The van der Waals surface area contributed by atoms with E-state index in [1.807, 2.05) is 0 Å². The van der Waals surface area contributed by atoms with Crippen LogP contribution >= 0.6 is 0 Å². The molecule has 20 heavy (non-hydrogen) atoms. The third-order valence-electron chi connectivity index (χ3n) is 3.71. The maximum atomic E-state index is 12.1. The van der Waals surface area contributed by atoms with Crippen molar-refractivity contribution in [3.8, 4) is 0 Å². The van der Waals surface area contributed by atoms with Gasteiger partial charge in [-0.3, -0.25) is 4.99 Å². The van der Waals surface area contributed by atoms with Crippen LogP contribution < -0.4 is 10.6 Å². The van der Waals surface area contributed by atoms with Gasteiger partial charge in [0.15, 0.2) is 5.96 Å². The van der Waals surface area contributed by atoms with Crippen molar-refractivity contribution in [1.82, 2.24) is 10.6 Å². The van der Waals surface area contributed by atoms with E-state index in [0.717, 1.165) is 6.54 Å². The summed E-state index contributed by atoms with van der Waals surface area (Å²) in [5.41, 5.74) is 0. The topological polar surface area (TPSA) is 36.4 Å². The van der Waals surface area contributed by atoms with Gasteiger partial charge in [-0.1, -0.05) is 32.1 Å². The molecule has 2 N–H and O–H groups in total. The van der Waals surface area contributed by atoms with Crippen LogP contribution in [0.25, 0.3) is 0 Å². The summed E-state index contributed by atoms with van der Waals surface area (Å²) in [6.45, 7) is 0.666. The molecule has 0 unspecified atom stereocenters. The number of hydrogen-bond donors (Lipinski definition) is 2. The van der Waals surface area contributed by atoms with Crippen LogP contribution in [0.1, 0.15) is 51.4 Å². The zero-order chi connectivity index (χ0) is 14.8. The minimum absolute atomic E-state index is 0.131. The highest BCUT2D eigenvalue weighted by atomic mass is 19.4. The second-order valence-corrected chi connectivity index (χ2v) is 5.46. The van der Waals surface area contributed by atoms with Gasteiger partial charge in [0.05, 0.1) is 6.42 Å². The highest BCUT2D eigenvalue weighted by Crippen LogP contribution is 2.21.